The zero-order chi connectivity index (χ0) is 15.6. The standard InChI is InChI=1S/C12H21NO6S/c1-12(2,3)19-11(16)13-9-4-5-20(17,18)7-8(9)6-10(14)15/h8-9H,4-7H2,1-3H3,(H,13,16)(H,14,15). The maximum Gasteiger partial charge on any atom is 0.407 e. The fourth-order valence-electron chi connectivity index (χ4n) is 2.14. The Morgan fingerprint density at radius 2 is 1.95 bits per heavy atom. The number of amides is 1. The lowest BCUT2D eigenvalue weighted by Gasteiger charge is -2.31. The molecule has 1 heterocycles. The van der Waals surface area contributed by atoms with E-state index in [9.17, 15) is 18.0 Å². The Morgan fingerprint density at radius 3 is 2.45 bits per heavy atom. The maximum absolute atomic E-state index is 11.7. The van der Waals surface area contributed by atoms with Gasteiger partial charge in [-0.2, -0.15) is 0 Å². The quantitative estimate of drug-likeness (QED) is 0.797. The highest BCUT2D eigenvalue weighted by Gasteiger charge is 2.36. The first-order valence-electron chi connectivity index (χ1n) is 6.40. The molecule has 0 aliphatic carbocycles. The van der Waals surface area contributed by atoms with Crippen molar-refractivity contribution in [2.75, 3.05) is 11.5 Å². The Labute approximate surface area is 118 Å². The fraction of sp³-hybridized carbons (Fsp3) is 0.833. The van der Waals surface area contributed by atoms with Crippen LogP contribution in [0.4, 0.5) is 4.79 Å². The SMILES string of the molecule is CC(C)(C)OC(=O)NC1CCS(=O)(=O)CC1CC(=O)O. The second-order valence-corrected chi connectivity index (χ2v) is 8.24. The molecule has 1 amide bonds. The summed E-state index contributed by atoms with van der Waals surface area (Å²) in [6.07, 6.45) is -0.739. The largest absolute Gasteiger partial charge is 0.481 e. The molecule has 7 nitrogen and oxygen atoms in total. The lowest BCUT2D eigenvalue weighted by atomic mass is 9.95. The molecule has 2 atom stereocenters. The Bertz CT molecular complexity index is 479. The number of carbonyl (C=O) groups is 2. The van der Waals surface area contributed by atoms with Crippen LogP contribution < -0.4 is 5.32 Å². The van der Waals surface area contributed by atoms with Gasteiger partial charge in [0.05, 0.1) is 17.9 Å². The van der Waals surface area contributed by atoms with Crippen molar-refractivity contribution < 1.29 is 27.9 Å². The summed E-state index contributed by atoms with van der Waals surface area (Å²) in [6.45, 7) is 5.14. The first kappa shape index (κ1) is 16.7. The summed E-state index contributed by atoms with van der Waals surface area (Å²) >= 11 is 0. The van der Waals surface area contributed by atoms with Gasteiger partial charge in [0.25, 0.3) is 0 Å². The van der Waals surface area contributed by atoms with E-state index >= 15 is 0 Å². The average Bonchev–Trinajstić information content (AvgIpc) is 2.18. The number of rotatable bonds is 3. The minimum atomic E-state index is -3.24. The molecular formula is C12H21NO6S. The van der Waals surface area contributed by atoms with Crippen LogP contribution in [0.1, 0.15) is 33.6 Å². The van der Waals surface area contributed by atoms with E-state index in [4.69, 9.17) is 9.84 Å². The van der Waals surface area contributed by atoms with Gasteiger partial charge in [0.1, 0.15) is 5.60 Å². The van der Waals surface area contributed by atoms with Gasteiger partial charge >= 0.3 is 12.1 Å². The van der Waals surface area contributed by atoms with E-state index in [1.807, 2.05) is 0 Å². The summed E-state index contributed by atoms with van der Waals surface area (Å²) in [7, 11) is -3.24. The Morgan fingerprint density at radius 1 is 1.35 bits per heavy atom. The minimum Gasteiger partial charge on any atom is -0.481 e. The number of aliphatic carboxylic acids is 1. The molecule has 0 saturated carbocycles. The van der Waals surface area contributed by atoms with Crippen molar-refractivity contribution in [3.05, 3.63) is 0 Å². The number of ether oxygens (including phenoxy) is 1. The maximum atomic E-state index is 11.7. The number of carboxylic acids is 1. The molecule has 1 aliphatic heterocycles. The van der Waals surface area contributed by atoms with Gasteiger partial charge in [0.15, 0.2) is 9.84 Å². The molecular weight excluding hydrogens is 286 g/mol. The van der Waals surface area contributed by atoms with Gasteiger partial charge in [-0.15, -0.1) is 0 Å². The van der Waals surface area contributed by atoms with Crippen molar-refractivity contribution >= 4 is 21.9 Å². The van der Waals surface area contributed by atoms with E-state index in [1.54, 1.807) is 20.8 Å². The van der Waals surface area contributed by atoms with E-state index in [1.165, 1.54) is 0 Å². The third-order valence-electron chi connectivity index (χ3n) is 2.92. The number of nitrogens with one attached hydrogen (secondary N) is 1. The van der Waals surface area contributed by atoms with Gasteiger partial charge in [0.2, 0.25) is 0 Å². The Hall–Kier alpha value is -1.31. The van der Waals surface area contributed by atoms with Crippen molar-refractivity contribution in [3.63, 3.8) is 0 Å². The second kappa shape index (κ2) is 5.99. The average molecular weight is 307 g/mol. The fourth-order valence-corrected chi connectivity index (χ4v) is 3.92. The van der Waals surface area contributed by atoms with Crippen molar-refractivity contribution in [2.45, 2.75) is 45.3 Å². The summed E-state index contributed by atoms with van der Waals surface area (Å²) in [5.74, 6) is -1.98. The highest BCUT2D eigenvalue weighted by molar-refractivity contribution is 7.91. The third kappa shape index (κ3) is 5.77. The molecule has 1 aliphatic rings. The molecule has 0 spiro atoms. The van der Waals surface area contributed by atoms with E-state index in [0.717, 1.165) is 0 Å². The van der Waals surface area contributed by atoms with Gasteiger partial charge in [-0.1, -0.05) is 0 Å². The van der Waals surface area contributed by atoms with Gasteiger partial charge in [-0.25, -0.2) is 13.2 Å². The van der Waals surface area contributed by atoms with E-state index in [-0.39, 0.29) is 24.3 Å². The van der Waals surface area contributed by atoms with Gasteiger partial charge in [-0.05, 0) is 27.2 Å². The molecule has 116 valence electrons. The minimum absolute atomic E-state index is 0.0520. The van der Waals surface area contributed by atoms with Crippen LogP contribution in [0.15, 0.2) is 0 Å². The molecule has 2 unspecified atom stereocenters. The highest BCUT2D eigenvalue weighted by Crippen LogP contribution is 2.22. The third-order valence-corrected chi connectivity index (χ3v) is 4.71. The Balaban J connectivity index is 2.71. The van der Waals surface area contributed by atoms with Crippen LogP contribution in [0.3, 0.4) is 0 Å². The van der Waals surface area contributed by atoms with E-state index in [0.29, 0.717) is 0 Å². The van der Waals surface area contributed by atoms with E-state index in [2.05, 4.69) is 5.32 Å². The number of carboxylic acid groups (broad SMARTS) is 1. The summed E-state index contributed by atoms with van der Waals surface area (Å²) in [5, 5.41) is 11.4. The molecule has 0 aromatic carbocycles. The summed E-state index contributed by atoms with van der Waals surface area (Å²) in [4.78, 5) is 22.5. The van der Waals surface area contributed by atoms with Crippen LogP contribution in [0, 0.1) is 5.92 Å². The number of hydrogen-bond donors (Lipinski definition) is 2. The molecule has 0 aromatic heterocycles. The predicted octanol–water partition coefficient (Wildman–Crippen LogP) is 0.789. The number of sulfone groups is 1. The summed E-state index contributed by atoms with van der Waals surface area (Å²) in [5.41, 5.74) is -0.660. The lowest BCUT2D eigenvalue weighted by Crippen LogP contribution is -2.49. The number of carbonyl (C=O) groups excluding carboxylic acids is 1. The highest BCUT2D eigenvalue weighted by atomic mass is 32.2. The zero-order valence-electron chi connectivity index (χ0n) is 11.9. The van der Waals surface area contributed by atoms with Crippen LogP contribution >= 0.6 is 0 Å². The monoisotopic (exact) mass is 307 g/mol. The summed E-state index contributed by atoms with van der Waals surface area (Å²) < 4.78 is 28.2. The number of alkyl carbamates (subject to hydrolysis) is 1. The molecule has 20 heavy (non-hydrogen) atoms. The van der Waals surface area contributed by atoms with Gasteiger partial charge in [-0.3, -0.25) is 4.79 Å². The molecule has 0 bridgehead atoms. The van der Waals surface area contributed by atoms with Crippen molar-refractivity contribution in [3.8, 4) is 0 Å². The van der Waals surface area contributed by atoms with Crippen LogP contribution in [0.2, 0.25) is 0 Å². The van der Waals surface area contributed by atoms with Crippen molar-refractivity contribution in [1.29, 1.82) is 0 Å². The van der Waals surface area contributed by atoms with Crippen molar-refractivity contribution in [1.82, 2.24) is 5.32 Å². The van der Waals surface area contributed by atoms with Crippen LogP contribution in [0.5, 0.6) is 0 Å². The molecule has 2 N–H and O–H groups in total. The predicted molar refractivity (Wildman–Crippen MR) is 72.2 cm³/mol. The van der Waals surface area contributed by atoms with Gasteiger partial charge < -0.3 is 15.2 Å². The molecule has 0 radical (unpaired) electrons. The van der Waals surface area contributed by atoms with Crippen LogP contribution in [-0.4, -0.2) is 48.7 Å². The molecule has 1 saturated heterocycles. The topological polar surface area (TPSA) is 110 Å². The molecule has 0 aromatic rings. The van der Waals surface area contributed by atoms with Crippen LogP contribution in [-0.2, 0) is 19.4 Å². The molecule has 1 fully saturated rings. The first-order valence-corrected chi connectivity index (χ1v) is 8.22. The second-order valence-electron chi connectivity index (χ2n) is 6.01. The van der Waals surface area contributed by atoms with Crippen LogP contribution in [0.25, 0.3) is 0 Å². The Kier molecular flexibility index (Phi) is 5.01. The lowest BCUT2D eigenvalue weighted by molar-refractivity contribution is -0.138. The molecule has 8 heteroatoms. The normalized spacial score (nSPS) is 25.8. The number of hydrogen-bond acceptors (Lipinski definition) is 5. The first-order chi connectivity index (χ1) is 8.98. The zero-order valence-corrected chi connectivity index (χ0v) is 12.7. The summed E-state index contributed by atoms with van der Waals surface area (Å²) in [6, 6.07) is -0.496. The molecule has 1 rings (SSSR count). The van der Waals surface area contributed by atoms with Crippen molar-refractivity contribution in [2.24, 2.45) is 5.92 Å². The van der Waals surface area contributed by atoms with Gasteiger partial charge in [0, 0.05) is 12.0 Å². The smallest absolute Gasteiger partial charge is 0.407 e. The van der Waals surface area contributed by atoms with E-state index < -0.39 is 39.5 Å².